The quantitative estimate of drug-likeness (QED) is 0.0400. The van der Waals surface area contributed by atoms with Crippen LogP contribution in [0.5, 0.6) is 0 Å². The maximum Gasteiger partial charge on any atom is 0.326 e. The van der Waals surface area contributed by atoms with Crippen molar-refractivity contribution in [1.82, 2.24) is 16.0 Å². The fraction of sp³-hybridized carbons (Fsp3) is 0.848. The number of carbonyl (C=O) groups excluding carboxylic acids is 5. The highest BCUT2D eigenvalue weighted by atomic mass is 16.5. The Morgan fingerprint density at radius 3 is 1.52 bits per heavy atom. The number of carboxylic acids is 2. The van der Waals surface area contributed by atoms with Crippen molar-refractivity contribution in [3.63, 3.8) is 0 Å². The number of ketones is 2. The molecule has 5 N–H and O–H groups in total. The third-order valence-electron chi connectivity index (χ3n) is 10.1. The number of carbonyl (C=O) groups is 7. The summed E-state index contributed by atoms with van der Waals surface area (Å²) in [5.41, 5.74) is 0. The second-order valence-corrected chi connectivity index (χ2v) is 15.9. The molecule has 0 spiro atoms. The molecule has 362 valence electrons. The van der Waals surface area contributed by atoms with Crippen LogP contribution in [-0.2, 0) is 52.5 Å². The van der Waals surface area contributed by atoms with E-state index < -0.39 is 18.0 Å². The number of carboxylic acid groups (broad SMARTS) is 2. The van der Waals surface area contributed by atoms with Gasteiger partial charge >= 0.3 is 11.9 Å². The van der Waals surface area contributed by atoms with Crippen LogP contribution in [0.25, 0.3) is 0 Å². The van der Waals surface area contributed by atoms with Crippen LogP contribution in [0.2, 0.25) is 0 Å². The molecular weight excluding hydrogens is 803 g/mol. The molecule has 16 nitrogen and oxygen atoms in total. The van der Waals surface area contributed by atoms with Crippen molar-refractivity contribution in [2.45, 2.75) is 181 Å². The Balaban J connectivity index is 0. The van der Waals surface area contributed by atoms with Gasteiger partial charge in [-0.05, 0) is 45.4 Å². The van der Waals surface area contributed by atoms with E-state index in [1.807, 2.05) is 13.8 Å². The fourth-order valence-corrected chi connectivity index (χ4v) is 6.07. The molecule has 16 heteroatoms. The highest BCUT2D eigenvalue weighted by Crippen LogP contribution is 2.14. The fourth-order valence-electron chi connectivity index (χ4n) is 6.07. The van der Waals surface area contributed by atoms with E-state index in [-0.39, 0.29) is 61.3 Å². The van der Waals surface area contributed by atoms with Crippen LogP contribution in [0.1, 0.15) is 175 Å². The molecule has 0 fully saturated rings. The summed E-state index contributed by atoms with van der Waals surface area (Å²) in [4.78, 5) is 79.7. The van der Waals surface area contributed by atoms with Gasteiger partial charge in [-0.3, -0.25) is 28.8 Å². The van der Waals surface area contributed by atoms with Crippen molar-refractivity contribution >= 4 is 41.2 Å². The van der Waals surface area contributed by atoms with Gasteiger partial charge in [0, 0.05) is 51.8 Å². The predicted octanol–water partition coefficient (Wildman–Crippen LogP) is 6.73. The van der Waals surface area contributed by atoms with Gasteiger partial charge in [-0.25, -0.2) is 4.79 Å². The highest BCUT2D eigenvalue weighted by molar-refractivity contribution is 5.84. The molecule has 0 aromatic heterocycles. The van der Waals surface area contributed by atoms with Crippen molar-refractivity contribution in [3.8, 4) is 0 Å². The topological polar surface area (TPSA) is 233 Å². The summed E-state index contributed by atoms with van der Waals surface area (Å²) in [5, 5.41) is 25.9. The first-order chi connectivity index (χ1) is 29.8. The molecule has 0 aliphatic rings. The third-order valence-corrected chi connectivity index (χ3v) is 10.1. The molecule has 0 aliphatic carbocycles. The van der Waals surface area contributed by atoms with E-state index in [0.29, 0.717) is 65.4 Å². The van der Waals surface area contributed by atoms with E-state index in [1.165, 1.54) is 51.4 Å². The van der Waals surface area contributed by atoms with E-state index in [4.69, 9.17) is 24.1 Å². The van der Waals surface area contributed by atoms with Gasteiger partial charge in [0.15, 0.2) is 0 Å². The SMILES string of the molecule is CCCCC(=O)CC[C@H](NC(=O)CCCCCCCCCCCCCCCCC(=O)O)C(=O)O.COCCOCC(=O)NCCOCCOCC(=O)NCCCC[C@H](C)C(C)=O. The van der Waals surface area contributed by atoms with E-state index in [1.54, 1.807) is 14.0 Å². The van der Waals surface area contributed by atoms with Crippen LogP contribution in [0.15, 0.2) is 0 Å². The Hall–Kier alpha value is -3.47. The van der Waals surface area contributed by atoms with Gasteiger partial charge in [0.25, 0.3) is 0 Å². The average molecular weight is 888 g/mol. The smallest absolute Gasteiger partial charge is 0.326 e. The predicted molar refractivity (Wildman–Crippen MR) is 239 cm³/mol. The third kappa shape index (κ3) is 46.0. The van der Waals surface area contributed by atoms with Gasteiger partial charge in [-0.1, -0.05) is 104 Å². The molecule has 0 aromatic carbocycles. The molecule has 62 heavy (non-hydrogen) atoms. The second-order valence-electron chi connectivity index (χ2n) is 15.9. The number of methoxy groups -OCH3 is 1. The summed E-state index contributed by atoms with van der Waals surface area (Å²) in [6.07, 6.45) is 21.5. The summed E-state index contributed by atoms with van der Waals surface area (Å²) in [6, 6.07) is -0.977. The lowest BCUT2D eigenvalue weighted by atomic mass is 10.0. The first kappa shape index (κ1) is 60.6. The molecule has 0 saturated carbocycles. The van der Waals surface area contributed by atoms with Gasteiger partial charge in [0.1, 0.15) is 30.8 Å². The molecule has 3 amide bonds. The second kappa shape index (κ2) is 45.6. The molecule has 0 rings (SSSR count). The number of ether oxygens (including phenoxy) is 4. The minimum Gasteiger partial charge on any atom is -0.481 e. The van der Waals surface area contributed by atoms with Crippen LogP contribution in [-0.4, -0.2) is 124 Å². The van der Waals surface area contributed by atoms with E-state index >= 15 is 0 Å². The number of unbranched alkanes of at least 4 members (excludes halogenated alkanes) is 15. The van der Waals surface area contributed by atoms with Gasteiger partial charge in [-0.2, -0.15) is 0 Å². The largest absolute Gasteiger partial charge is 0.481 e. The van der Waals surface area contributed by atoms with Gasteiger partial charge in [0.05, 0.1) is 33.0 Å². The van der Waals surface area contributed by atoms with Crippen LogP contribution < -0.4 is 16.0 Å². The van der Waals surface area contributed by atoms with Gasteiger partial charge < -0.3 is 45.1 Å². The van der Waals surface area contributed by atoms with E-state index in [9.17, 15) is 38.7 Å². The lowest BCUT2D eigenvalue weighted by Gasteiger charge is -2.14. The van der Waals surface area contributed by atoms with E-state index in [0.717, 1.165) is 70.6 Å². The Morgan fingerprint density at radius 1 is 0.516 bits per heavy atom. The molecular formula is C46H85N3O13. The normalized spacial score (nSPS) is 11.8. The Kier molecular flexibility index (Phi) is 44.5. The zero-order valence-electron chi connectivity index (χ0n) is 38.9. The highest BCUT2D eigenvalue weighted by Gasteiger charge is 2.20. The Morgan fingerprint density at radius 2 is 1.02 bits per heavy atom. The summed E-state index contributed by atoms with van der Waals surface area (Å²) < 4.78 is 20.4. The molecule has 0 unspecified atom stereocenters. The van der Waals surface area contributed by atoms with Crippen molar-refractivity contribution in [2.75, 3.05) is 66.4 Å². The maximum absolute atomic E-state index is 12.1. The average Bonchev–Trinajstić information content (AvgIpc) is 3.23. The number of amides is 3. The van der Waals surface area contributed by atoms with Crippen LogP contribution in [0.4, 0.5) is 0 Å². The lowest BCUT2D eigenvalue weighted by Crippen LogP contribution is -2.41. The monoisotopic (exact) mass is 888 g/mol. The number of hydrogen-bond acceptors (Lipinski definition) is 11. The first-order valence-corrected chi connectivity index (χ1v) is 23.4. The molecule has 0 aliphatic heterocycles. The van der Waals surface area contributed by atoms with Gasteiger partial charge in [0.2, 0.25) is 17.7 Å². The van der Waals surface area contributed by atoms with Gasteiger partial charge in [-0.15, -0.1) is 0 Å². The standard InChI is InChI=1S/C27H49NO6.C19H36N2O7/c1-2-3-18-23(29)21-22-24(27(33)34)28-25(30)19-16-14-12-10-8-6-4-5-7-9-11-13-15-17-20-26(31)32;1-16(17(2)22)6-4-5-7-20-18(23)14-28-13-12-26-9-8-21-19(24)15-27-11-10-25-3/h24H,2-22H2,1H3,(H,28,30)(H,31,32)(H,33,34);16H,4-15H2,1-3H3,(H,20,23)(H,21,24)/t24-;16-/m00/s1. The maximum atomic E-state index is 12.1. The summed E-state index contributed by atoms with van der Waals surface area (Å²) in [5.74, 6) is -2.04. The number of aliphatic carboxylic acids is 2. The van der Waals surface area contributed by atoms with Crippen molar-refractivity contribution < 1.29 is 62.7 Å². The molecule has 0 heterocycles. The number of hydrogen-bond donors (Lipinski definition) is 5. The lowest BCUT2D eigenvalue weighted by molar-refractivity contribution is -0.142. The van der Waals surface area contributed by atoms with Crippen molar-refractivity contribution in [2.24, 2.45) is 5.92 Å². The number of nitrogens with one attached hydrogen (secondary N) is 3. The summed E-state index contributed by atoms with van der Waals surface area (Å²) >= 11 is 0. The summed E-state index contributed by atoms with van der Waals surface area (Å²) in [7, 11) is 1.57. The molecule has 0 saturated heterocycles. The van der Waals surface area contributed by atoms with Crippen molar-refractivity contribution in [3.05, 3.63) is 0 Å². The molecule has 0 aromatic rings. The molecule has 2 atom stereocenters. The summed E-state index contributed by atoms with van der Waals surface area (Å²) in [6.45, 7) is 8.32. The minimum atomic E-state index is -1.08. The molecule has 0 radical (unpaired) electrons. The minimum absolute atomic E-state index is 0.00264. The Bertz CT molecular complexity index is 1170. The van der Waals surface area contributed by atoms with E-state index in [2.05, 4.69) is 16.0 Å². The zero-order chi connectivity index (χ0) is 46.5. The molecule has 0 bridgehead atoms. The number of rotatable bonds is 44. The van der Waals surface area contributed by atoms with Crippen LogP contribution in [0.3, 0.4) is 0 Å². The zero-order valence-corrected chi connectivity index (χ0v) is 38.9. The number of Topliss-reactive ketones (excluding diaryl/α,β-unsaturated/α-hetero) is 2. The Labute approximate surface area is 372 Å². The van der Waals surface area contributed by atoms with Crippen LogP contribution >= 0.6 is 0 Å². The van der Waals surface area contributed by atoms with Crippen molar-refractivity contribution in [1.29, 1.82) is 0 Å². The van der Waals surface area contributed by atoms with Crippen LogP contribution in [0, 0.1) is 5.92 Å². The first-order valence-electron chi connectivity index (χ1n) is 23.4.